The van der Waals surface area contributed by atoms with Gasteiger partial charge in [-0.1, -0.05) is 194 Å². The summed E-state index contributed by atoms with van der Waals surface area (Å²) >= 11 is 0. The van der Waals surface area contributed by atoms with Crippen LogP contribution in [0.25, 0.3) is 95.0 Å². The number of hydrogen-bond acceptors (Lipinski definition) is 3. The normalized spacial score (nSPS) is 11.3. The standard InChI is InChI=1S/C51H34N4/c1-5-15-35(16-6-1)36-25-27-37(28-26-36)45-34-46(53-51(52-45)42-21-11-4-12-22-42)38-29-31-41(32-30-38)49-48(40-19-9-3-10-20-40)50-44-24-14-13-23-43(44)33-47(55(50)54-49)39-17-7-2-8-18-39/h1-34H. The van der Waals surface area contributed by atoms with Gasteiger partial charge in [0.2, 0.25) is 0 Å². The molecule has 10 aromatic rings. The highest BCUT2D eigenvalue weighted by Gasteiger charge is 2.22. The minimum atomic E-state index is 0.691. The molecule has 7 aromatic carbocycles. The van der Waals surface area contributed by atoms with Crippen LogP contribution in [-0.4, -0.2) is 19.6 Å². The minimum Gasteiger partial charge on any atom is -0.231 e. The minimum absolute atomic E-state index is 0.691. The Morgan fingerprint density at radius 3 is 1.40 bits per heavy atom. The van der Waals surface area contributed by atoms with Crippen molar-refractivity contribution < 1.29 is 0 Å². The average Bonchev–Trinajstić information content (AvgIpc) is 3.68. The van der Waals surface area contributed by atoms with Crippen LogP contribution in [0.4, 0.5) is 0 Å². The molecule has 0 unspecified atom stereocenters. The zero-order valence-electron chi connectivity index (χ0n) is 29.9. The maximum absolute atomic E-state index is 5.42. The van der Waals surface area contributed by atoms with Crippen molar-refractivity contribution in [3.05, 3.63) is 206 Å². The maximum Gasteiger partial charge on any atom is 0.160 e. The van der Waals surface area contributed by atoms with Gasteiger partial charge in [0.25, 0.3) is 0 Å². The third kappa shape index (κ3) is 6.06. The maximum atomic E-state index is 5.42. The molecule has 4 nitrogen and oxygen atoms in total. The Hall–Kier alpha value is -7.43. The van der Waals surface area contributed by atoms with Crippen molar-refractivity contribution in [1.82, 2.24) is 19.6 Å². The Bertz CT molecular complexity index is 2920. The molecular weight excluding hydrogens is 669 g/mol. The lowest BCUT2D eigenvalue weighted by Gasteiger charge is -2.11. The molecule has 3 aromatic heterocycles. The second kappa shape index (κ2) is 13.8. The van der Waals surface area contributed by atoms with Crippen LogP contribution in [0.5, 0.6) is 0 Å². The van der Waals surface area contributed by atoms with E-state index < -0.39 is 0 Å². The molecule has 0 amide bonds. The molecule has 0 spiro atoms. The van der Waals surface area contributed by atoms with Gasteiger partial charge in [0.05, 0.1) is 22.6 Å². The third-order valence-corrected chi connectivity index (χ3v) is 10.3. The van der Waals surface area contributed by atoms with Crippen molar-refractivity contribution >= 4 is 16.3 Å². The van der Waals surface area contributed by atoms with E-state index in [1.807, 2.05) is 24.3 Å². The fourth-order valence-corrected chi connectivity index (χ4v) is 7.51. The summed E-state index contributed by atoms with van der Waals surface area (Å²) in [6.07, 6.45) is 0. The Labute approximate surface area is 319 Å². The Balaban J connectivity index is 1.12. The summed E-state index contributed by atoms with van der Waals surface area (Å²) in [5.74, 6) is 0.691. The van der Waals surface area contributed by atoms with Gasteiger partial charge >= 0.3 is 0 Å². The Morgan fingerprint density at radius 2 is 0.800 bits per heavy atom. The van der Waals surface area contributed by atoms with Gasteiger partial charge in [0.15, 0.2) is 5.82 Å². The number of benzene rings is 7. The van der Waals surface area contributed by atoms with E-state index in [0.29, 0.717) is 5.82 Å². The van der Waals surface area contributed by atoms with Crippen LogP contribution < -0.4 is 0 Å². The van der Waals surface area contributed by atoms with Crippen molar-refractivity contribution in [3.63, 3.8) is 0 Å². The molecule has 0 aliphatic rings. The summed E-state index contributed by atoms with van der Waals surface area (Å²) < 4.78 is 2.13. The van der Waals surface area contributed by atoms with Crippen LogP contribution in [0.15, 0.2) is 206 Å². The molecule has 0 bridgehead atoms. The summed E-state index contributed by atoms with van der Waals surface area (Å²) in [5, 5.41) is 7.76. The fraction of sp³-hybridized carbons (Fsp3) is 0. The van der Waals surface area contributed by atoms with E-state index in [-0.39, 0.29) is 0 Å². The van der Waals surface area contributed by atoms with E-state index in [2.05, 4.69) is 187 Å². The van der Waals surface area contributed by atoms with E-state index in [1.54, 1.807) is 0 Å². The van der Waals surface area contributed by atoms with E-state index in [9.17, 15) is 0 Å². The summed E-state index contributed by atoms with van der Waals surface area (Å²) in [7, 11) is 0. The summed E-state index contributed by atoms with van der Waals surface area (Å²) in [6.45, 7) is 0. The lowest BCUT2D eigenvalue weighted by Crippen LogP contribution is -1.96. The predicted octanol–water partition coefficient (Wildman–Crippen LogP) is 12.9. The number of pyridine rings is 1. The highest BCUT2D eigenvalue weighted by atomic mass is 15.2. The molecular formula is C51H34N4. The SMILES string of the molecule is c1ccc(-c2ccc(-c3cc(-c4ccc(-c5nn6c(-c7ccccc7)cc7ccccc7c6c5-c5ccccc5)cc4)nc(-c4ccccc4)n3)cc2)cc1. The van der Waals surface area contributed by atoms with Gasteiger partial charge in [-0.25, -0.2) is 14.5 Å². The van der Waals surface area contributed by atoms with Crippen molar-refractivity contribution in [2.24, 2.45) is 0 Å². The first kappa shape index (κ1) is 32.2. The first-order chi connectivity index (χ1) is 27.3. The molecule has 0 saturated heterocycles. The molecule has 0 N–H and O–H groups in total. The molecule has 0 atom stereocenters. The molecule has 0 fully saturated rings. The fourth-order valence-electron chi connectivity index (χ4n) is 7.51. The number of fused-ring (bicyclic) bond motifs is 3. The lowest BCUT2D eigenvalue weighted by molar-refractivity contribution is 0.979. The number of nitrogens with zero attached hydrogens (tertiary/aromatic N) is 4. The molecule has 0 saturated carbocycles. The molecule has 258 valence electrons. The molecule has 55 heavy (non-hydrogen) atoms. The van der Waals surface area contributed by atoms with Crippen LogP contribution in [0.2, 0.25) is 0 Å². The highest BCUT2D eigenvalue weighted by Crippen LogP contribution is 2.41. The zero-order chi connectivity index (χ0) is 36.6. The van der Waals surface area contributed by atoms with Gasteiger partial charge in [-0.2, -0.15) is 5.10 Å². The van der Waals surface area contributed by atoms with Crippen LogP contribution in [-0.2, 0) is 0 Å². The summed E-state index contributed by atoms with van der Waals surface area (Å²) in [6, 6.07) is 72.0. The topological polar surface area (TPSA) is 43.1 Å². The van der Waals surface area contributed by atoms with Crippen molar-refractivity contribution in [2.45, 2.75) is 0 Å². The van der Waals surface area contributed by atoms with E-state index in [1.165, 1.54) is 16.5 Å². The van der Waals surface area contributed by atoms with Gasteiger partial charge in [0, 0.05) is 38.8 Å². The molecule has 0 aliphatic carbocycles. The second-order valence-electron chi connectivity index (χ2n) is 13.7. The van der Waals surface area contributed by atoms with Gasteiger partial charge < -0.3 is 0 Å². The second-order valence-corrected chi connectivity index (χ2v) is 13.7. The Kier molecular flexibility index (Phi) is 8.12. The molecule has 0 aliphatic heterocycles. The van der Waals surface area contributed by atoms with E-state index >= 15 is 0 Å². The first-order valence-electron chi connectivity index (χ1n) is 18.5. The van der Waals surface area contributed by atoms with Gasteiger partial charge in [-0.3, -0.25) is 0 Å². The predicted molar refractivity (Wildman–Crippen MR) is 226 cm³/mol. The third-order valence-electron chi connectivity index (χ3n) is 10.3. The van der Waals surface area contributed by atoms with Crippen molar-refractivity contribution in [2.75, 3.05) is 0 Å². The van der Waals surface area contributed by atoms with Gasteiger partial charge in [0.1, 0.15) is 5.69 Å². The number of rotatable bonds is 7. The monoisotopic (exact) mass is 702 g/mol. The summed E-state index contributed by atoms with van der Waals surface area (Å²) in [4.78, 5) is 10.2. The first-order valence-corrected chi connectivity index (χ1v) is 18.5. The molecule has 3 heterocycles. The quantitative estimate of drug-likeness (QED) is 0.166. The Morgan fingerprint density at radius 1 is 0.345 bits per heavy atom. The van der Waals surface area contributed by atoms with Crippen molar-refractivity contribution in [1.29, 1.82) is 0 Å². The van der Waals surface area contributed by atoms with Crippen LogP contribution in [0.1, 0.15) is 0 Å². The number of hydrogen-bond donors (Lipinski definition) is 0. The van der Waals surface area contributed by atoms with E-state index in [4.69, 9.17) is 15.1 Å². The van der Waals surface area contributed by atoms with Crippen LogP contribution in [0.3, 0.4) is 0 Å². The zero-order valence-corrected chi connectivity index (χ0v) is 29.9. The van der Waals surface area contributed by atoms with Crippen LogP contribution >= 0.6 is 0 Å². The molecule has 4 heteroatoms. The highest BCUT2D eigenvalue weighted by molar-refractivity contribution is 6.08. The van der Waals surface area contributed by atoms with E-state index in [0.717, 1.165) is 72.6 Å². The van der Waals surface area contributed by atoms with Gasteiger partial charge in [-0.05, 0) is 34.2 Å². The molecule has 10 rings (SSSR count). The van der Waals surface area contributed by atoms with Crippen LogP contribution in [0, 0.1) is 0 Å². The smallest absolute Gasteiger partial charge is 0.160 e. The lowest BCUT2D eigenvalue weighted by atomic mass is 9.96. The largest absolute Gasteiger partial charge is 0.231 e. The summed E-state index contributed by atoms with van der Waals surface area (Å²) in [5.41, 5.74) is 14.6. The number of aromatic nitrogens is 4. The average molecular weight is 703 g/mol. The van der Waals surface area contributed by atoms with Gasteiger partial charge in [-0.15, -0.1) is 0 Å². The van der Waals surface area contributed by atoms with Crippen molar-refractivity contribution in [3.8, 4) is 78.7 Å². The molecule has 0 radical (unpaired) electrons.